The van der Waals surface area contributed by atoms with Crippen molar-refractivity contribution in [3.05, 3.63) is 44.8 Å². The highest BCUT2D eigenvalue weighted by Crippen LogP contribution is 2.29. The van der Waals surface area contributed by atoms with Crippen molar-refractivity contribution in [3.8, 4) is 0 Å². The van der Waals surface area contributed by atoms with Crippen molar-refractivity contribution < 1.29 is 9.53 Å². The highest BCUT2D eigenvalue weighted by molar-refractivity contribution is 7.11. The second-order valence-corrected chi connectivity index (χ2v) is 5.99. The summed E-state index contributed by atoms with van der Waals surface area (Å²) in [5, 5.41) is 6.98. The predicted octanol–water partition coefficient (Wildman–Crippen LogP) is 1.99. The van der Waals surface area contributed by atoms with Crippen molar-refractivity contribution in [1.82, 2.24) is 5.32 Å². The quantitative estimate of drug-likeness (QED) is 0.857. The van der Waals surface area contributed by atoms with Gasteiger partial charge in [-0.15, -0.1) is 22.7 Å². The lowest BCUT2D eigenvalue weighted by Gasteiger charge is -2.19. The summed E-state index contributed by atoms with van der Waals surface area (Å²) in [7, 11) is 1.53. The van der Waals surface area contributed by atoms with E-state index in [2.05, 4.69) is 5.32 Å². The van der Waals surface area contributed by atoms with Gasteiger partial charge in [0.1, 0.15) is 6.04 Å². The number of rotatable bonds is 6. The van der Waals surface area contributed by atoms with Crippen molar-refractivity contribution in [3.63, 3.8) is 0 Å². The summed E-state index contributed by atoms with van der Waals surface area (Å²) < 4.78 is 4.91. The van der Waals surface area contributed by atoms with Crippen LogP contribution in [0.2, 0.25) is 0 Å². The fraction of sp³-hybridized carbons (Fsp3) is 0.308. The van der Waals surface area contributed by atoms with Crippen molar-refractivity contribution in [2.75, 3.05) is 13.7 Å². The SMILES string of the molecule is COCC(N)C(=O)NC(c1cccs1)c1cccs1. The molecule has 4 nitrogen and oxygen atoms in total. The highest BCUT2D eigenvalue weighted by Gasteiger charge is 2.22. The molecule has 19 heavy (non-hydrogen) atoms. The molecule has 2 aromatic heterocycles. The molecule has 0 radical (unpaired) electrons. The first-order valence-corrected chi connectivity index (χ1v) is 7.60. The van der Waals surface area contributed by atoms with Crippen molar-refractivity contribution >= 4 is 28.6 Å². The molecule has 0 aliphatic carbocycles. The molecule has 0 aromatic carbocycles. The third-order valence-corrected chi connectivity index (χ3v) is 4.50. The molecule has 3 N–H and O–H groups in total. The Morgan fingerprint density at radius 2 is 1.89 bits per heavy atom. The highest BCUT2D eigenvalue weighted by atomic mass is 32.1. The number of hydrogen-bond donors (Lipinski definition) is 2. The number of methoxy groups -OCH3 is 1. The van der Waals surface area contributed by atoms with Gasteiger partial charge in [-0.2, -0.15) is 0 Å². The van der Waals surface area contributed by atoms with Crippen LogP contribution in [0.5, 0.6) is 0 Å². The predicted molar refractivity (Wildman–Crippen MR) is 78.5 cm³/mol. The normalized spacial score (nSPS) is 12.6. The molecule has 2 heterocycles. The van der Waals surface area contributed by atoms with E-state index in [1.807, 2.05) is 35.0 Å². The lowest BCUT2D eigenvalue weighted by atomic mass is 10.2. The number of nitrogens with two attached hydrogens (primary N) is 1. The van der Waals surface area contributed by atoms with Gasteiger partial charge in [0.2, 0.25) is 5.91 Å². The van der Waals surface area contributed by atoms with Gasteiger partial charge in [0.05, 0.1) is 12.6 Å². The van der Waals surface area contributed by atoms with Gasteiger partial charge in [0.25, 0.3) is 0 Å². The van der Waals surface area contributed by atoms with Gasteiger partial charge in [0, 0.05) is 16.9 Å². The lowest BCUT2D eigenvalue weighted by molar-refractivity contribution is -0.123. The fourth-order valence-electron chi connectivity index (χ4n) is 1.70. The van der Waals surface area contributed by atoms with Crippen LogP contribution in [0, 0.1) is 0 Å². The van der Waals surface area contributed by atoms with Crippen molar-refractivity contribution in [1.29, 1.82) is 0 Å². The molecule has 2 rings (SSSR count). The lowest BCUT2D eigenvalue weighted by Crippen LogP contribution is -2.44. The Morgan fingerprint density at radius 3 is 2.32 bits per heavy atom. The van der Waals surface area contributed by atoms with Gasteiger partial charge in [-0.25, -0.2) is 0 Å². The number of amides is 1. The van der Waals surface area contributed by atoms with E-state index in [0.29, 0.717) is 0 Å². The third kappa shape index (κ3) is 3.63. The average molecular weight is 296 g/mol. The molecule has 1 amide bonds. The maximum atomic E-state index is 12.0. The molecule has 102 valence electrons. The summed E-state index contributed by atoms with van der Waals surface area (Å²) in [6.45, 7) is 0.216. The van der Waals surface area contributed by atoms with Gasteiger partial charge in [-0.1, -0.05) is 12.1 Å². The number of ether oxygens (including phenoxy) is 1. The molecular formula is C13H16N2O2S2. The van der Waals surface area contributed by atoms with E-state index in [9.17, 15) is 4.79 Å². The monoisotopic (exact) mass is 296 g/mol. The number of carbonyl (C=O) groups excluding carboxylic acids is 1. The molecule has 1 atom stereocenters. The largest absolute Gasteiger partial charge is 0.383 e. The summed E-state index contributed by atoms with van der Waals surface area (Å²) in [6, 6.07) is 7.20. The number of hydrogen-bond acceptors (Lipinski definition) is 5. The van der Waals surface area contributed by atoms with E-state index in [-0.39, 0.29) is 18.6 Å². The minimum absolute atomic E-state index is 0.129. The van der Waals surface area contributed by atoms with Gasteiger partial charge >= 0.3 is 0 Å². The summed E-state index contributed by atoms with van der Waals surface area (Å²) >= 11 is 3.23. The second-order valence-electron chi connectivity index (χ2n) is 4.03. The maximum Gasteiger partial charge on any atom is 0.240 e. The van der Waals surface area contributed by atoms with Gasteiger partial charge in [0.15, 0.2) is 0 Å². The number of thiophene rings is 2. The zero-order chi connectivity index (χ0) is 13.7. The summed E-state index contributed by atoms with van der Waals surface area (Å²) in [6.07, 6.45) is 0. The molecule has 2 aromatic rings. The molecule has 1 unspecified atom stereocenters. The average Bonchev–Trinajstić information content (AvgIpc) is 3.09. The number of nitrogens with one attached hydrogen (secondary N) is 1. The van der Waals surface area contributed by atoms with E-state index in [1.165, 1.54) is 7.11 Å². The molecule has 0 fully saturated rings. The summed E-state index contributed by atoms with van der Waals surface area (Å²) in [4.78, 5) is 14.2. The van der Waals surface area contributed by atoms with Crippen LogP contribution in [0.4, 0.5) is 0 Å². The van der Waals surface area contributed by atoms with E-state index in [1.54, 1.807) is 22.7 Å². The van der Waals surface area contributed by atoms with Crippen LogP contribution in [0.3, 0.4) is 0 Å². The fourth-order valence-corrected chi connectivity index (χ4v) is 3.36. The zero-order valence-electron chi connectivity index (χ0n) is 10.5. The Hall–Kier alpha value is -1.21. The Balaban J connectivity index is 2.14. The van der Waals surface area contributed by atoms with E-state index in [4.69, 9.17) is 10.5 Å². The van der Waals surface area contributed by atoms with Crippen LogP contribution >= 0.6 is 22.7 Å². The topological polar surface area (TPSA) is 64.3 Å². The van der Waals surface area contributed by atoms with Crippen LogP contribution in [0.15, 0.2) is 35.0 Å². The van der Waals surface area contributed by atoms with Crippen LogP contribution in [-0.2, 0) is 9.53 Å². The van der Waals surface area contributed by atoms with E-state index in [0.717, 1.165) is 9.75 Å². The maximum absolute atomic E-state index is 12.0. The third-order valence-electron chi connectivity index (χ3n) is 2.62. The smallest absolute Gasteiger partial charge is 0.240 e. The van der Waals surface area contributed by atoms with Crippen LogP contribution in [0.1, 0.15) is 15.8 Å². The summed E-state index contributed by atoms with van der Waals surface area (Å²) in [5.74, 6) is -0.200. The molecule has 0 aliphatic rings. The number of carbonyl (C=O) groups is 1. The first-order valence-electron chi connectivity index (χ1n) is 5.84. The second kappa shape index (κ2) is 6.81. The van der Waals surface area contributed by atoms with Crippen LogP contribution in [0.25, 0.3) is 0 Å². The minimum atomic E-state index is -0.646. The molecule has 6 heteroatoms. The van der Waals surface area contributed by atoms with Gasteiger partial charge < -0.3 is 15.8 Å². The Kier molecular flexibility index (Phi) is 5.09. The van der Waals surface area contributed by atoms with Crippen LogP contribution < -0.4 is 11.1 Å². The Labute approximate surface area is 120 Å². The molecule has 0 saturated carbocycles. The molecular weight excluding hydrogens is 280 g/mol. The van der Waals surface area contributed by atoms with Crippen LogP contribution in [-0.4, -0.2) is 25.7 Å². The van der Waals surface area contributed by atoms with Gasteiger partial charge in [-0.3, -0.25) is 4.79 Å². The minimum Gasteiger partial charge on any atom is -0.383 e. The standard InChI is InChI=1S/C13H16N2O2S2/c1-17-8-9(14)13(16)15-12(10-4-2-6-18-10)11-5-3-7-19-11/h2-7,9,12H,8,14H2,1H3,(H,15,16). The van der Waals surface area contributed by atoms with E-state index < -0.39 is 6.04 Å². The Morgan fingerprint density at radius 1 is 1.32 bits per heavy atom. The van der Waals surface area contributed by atoms with Gasteiger partial charge in [-0.05, 0) is 22.9 Å². The summed E-state index contributed by atoms with van der Waals surface area (Å²) in [5.41, 5.74) is 5.75. The van der Waals surface area contributed by atoms with Crippen molar-refractivity contribution in [2.24, 2.45) is 5.73 Å². The molecule has 0 saturated heterocycles. The van der Waals surface area contributed by atoms with E-state index >= 15 is 0 Å². The molecule has 0 spiro atoms. The first-order chi connectivity index (χ1) is 9.22. The Bertz CT molecular complexity index is 462. The first kappa shape index (κ1) is 14.2. The zero-order valence-corrected chi connectivity index (χ0v) is 12.2. The molecule has 0 aliphatic heterocycles. The molecule has 0 bridgehead atoms. The van der Waals surface area contributed by atoms with Crippen molar-refractivity contribution in [2.45, 2.75) is 12.1 Å².